The molecule has 30 heavy (non-hydrogen) atoms. The Morgan fingerprint density at radius 2 is 1.87 bits per heavy atom. The minimum absolute atomic E-state index is 0.208. The van der Waals surface area contributed by atoms with E-state index in [0.29, 0.717) is 6.07 Å². The van der Waals surface area contributed by atoms with Gasteiger partial charge in [-0.05, 0) is 25.1 Å². The highest BCUT2D eigenvalue weighted by molar-refractivity contribution is 5.36. The van der Waals surface area contributed by atoms with Crippen LogP contribution in [0.1, 0.15) is 18.1 Å². The van der Waals surface area contributed by atoms with Crippen molar-refractivity contribution in [3.05, 3.63) is 83.4 Å². The fourth-order valence-electron chi connectivity index (χ4n) is 2.88. The van der Waals surface area contributed by atoms with E-state index in [2.05, 4.69) is 21.9 Å². The van der Waals surface area contributed by atoms with Gasteiger partial charge in [-0.1, -0.05) is 24.0 Å². The SMILES string of the molecule is C[C@@H](OCC#Cc1c(F)cccc1F)[C@](O)(Cn1cncn1)c1ccc(F)cc1F. The molecule has 0 aliphatic carbocycles. The number of nitrogens with zero attached hydrogens (tertiary/aromatic N) is 3. The standard InChI is InChI=1S/C21H17F4N3O2/c1-14(30-9-3-4-16-18(23)5-2-6-19(16)24)21(29,11-28-13-26-12-27-28)17-8-7-15(22)10-20(17)25/h2,5-8,10,12-14,29H,9,11H2,1H3/t14-,21-/m1/s1. The van der Waals surface area contributed by atoms with Gasteiger partial charge in [0.1, 0.15) is 48.1 Å². The van der Waals surface area contributed by atoms with E-state index >= 15 is 0 Å². The zero-order valence-electron chi connectivity index (χ0n) is 15.8. The fourth-order valence-corrected chi connectivity index (χ4v) is 2.88. The highest BCUT2D eigenvalue weighted by atomic mass is 19.1. The number of benzene rings is 2. The van der Waals surface area contributed by atoms with Gasteiger partial charge in [0.15, 0.2) is 0 Å². The number of hydrogen-bond acceptors (Lipinski definition) is 4. The smallest absolute Gasteiger partial charge is 0.141 e. The van der Waals surface area contributed by atoms with Crippen LogP contribution < -0.4 is 0 Å². The lowest BCUT2D eigenvalue weighted by molar-refractivity contribution is -0.111. The van der Waals surface area contributed by atoms with Gasteiger partial charge in [0, 0.05) is 11.6 Å². The Balaban J connectivity index is 1.82. The zero-order valence-corrected chi connectivity index (χ0v) is 15.8. The van der Waals surface area contributed by atoms with Crippen LogP contribution in [0.4, 0.5) is 17.6 Å². The van der Waals surface area contributed by atoms with Gasteiger partial charge in [0.2, 0.25) is 0 Å². The van der Waals surface area contributed by atoms with E-state index in [1.807, 2.05) is 0 Å². The van der Waals surface area contributed by atoms with E-state index in [-0.39, 0.29) is 18.7 Å². The molecular formula is C21H17F4N3O2. The summed E-state index contributed by atoms with van der Waals surface area (Å²) in [5.74, 6) is 1.41. The van der Waals surface area contributed by atoms with Crippen molar-refractivity contribution in [2.24, 2.45) is 0 Å². The van der Waals surface area contributed by atoms with Crippen LogP contribution in [0.3, 0.4) is 0 Å². The third-order valence-corrected chi connectivity index (χ3v) is 4.52. The summed E-state index contributed by atoms with van der Waals surface area (Å²) in [6.45, 7) is 0.911. The number of rotatable bonds is 6. The number of aliphatic hydroxyl groups is 1. The maximum Gasteiger partial charge on any atom is 0.141 e. The highest BCUT2D eigenvalue weighted by Crippen LogP contribution is 2.31. The molecule has 0 saturated carbocycles. The van der Waals surface area contributed by atoms with Crippen molar-refractivity contribution in [3.63, 3.8) is 0 Å². The first-order chi connectivity index (χ1) is 14.3. The lowest BCUT2D eigenvalue weighted by Crippen LogP contribution is -2.44. The largest absolute Gasteiger partial charge is 0.380 e. The second kappa shape index (κ2) is 9.07. The molecular weight excluding hydrogens is 402 g/mol. The molecule has 0 spiro atoms. The molecule has 1 aromatic heterocycles. The van der Waals surface area contributed by atoms with Crippen LogP contribution in [0.2, 0.25) is 0 Å². The molecule has 156 valence electrons. The summed E-state index contributed by atoms with van der Waals surface area (Å²) in [4.78, 5) is 3.77. The molecule has 9 heteroatoms. The minimum Gasteiger partial charge on any atom is -0.380 e. The van der Waals surface area contributed by atoms with Crippen LogP contribution in [0.5, 0.6) is 0 Å². The number of halogens is 4. The number of aromatic nitrogens is 3. The number of hydrogen-bond donors (Lipinski definition) is 1. The van der Waals surface area contributed by atoms with Crippen LogP contribution >= 0.6 is 0 Å². The minimum atomic E-state index is -1.96. The van der Waals surface area contributed by atoms with Crippen LogP contribution in [-0.4, -0.2) is 32.6 Å². The van der Waals surface area contributed by atoms with Crippen molar-refractivity contribution in [1.29, 1.82) is 0 Å². The summed E-state index contributed by atoms with van der Waals surface area (Å²) in [7, 11) is 0. The van der Waals surface area contributed by atoms with Gasteiger partial charge >= 0.3 is 0 Å². The molecule has 0 amide bonds. The Morgan fingerprint density at radius 1 is 1.13 bits per heavy atom. The van der Waals surface area contributed by atoms with Crippen LogP contribution in [0.15, 0.2) is 49.1 Å². The monoisotopic (exact) mass is 419 g/mol. The quantitative estimate of drug-likeness (QED) is 0.493. The molecule has 5 nitrogen and oxygen atoms in total. The van der Waals surface area contributed by atoms with Crippen LogP contribution in [-0.2, 0) is 16.9 Å². The molecule has 3 aromatic rings. The lowest BCUT2D eigenvalue weighted by Gasteiger charge is -2.34. The summed E-state index contributed by atoms with van der Waals surface area (Å²) in [5.41, 5.74) is -2.58. The molecule has 0 fully saturated rings. The van der Waals surface area contributed by atoms with E-state index in [0.717, 1.165) is 24.3 Å². The van der Waals surface area contributed by atoms with Gasteiger partial charge in [0.25, 0.3) is 0 Å². The molecule has 1 N–H and O–H groups in total. The van der Waals surface area contributed by atoms with Crippen molar-refractivity contribution >= 4 is 0 Å². The summed E-state index contributed by atoms with van der Waals surface area (Å²) < 4.78 is 61.8. The topological polar surface area (TPSA) is 60.2 Å². The molecule has 1 heterocycles. The summed E-state index contributed by atoms with van der Waals surface area (Å²) >= 11 is 0. The molecule has 2 atom stereocenters. The summed E-state index contributed by atoms with van der Waals surface area (Å²) in [5, 5.41) is 15.1. The Hall–Kier alpha value is -3.22. The molecule has 0 aliphatic rings. The van der Waals surface area contributed by atoms with Gasteiger partial charge in [-0.3, -0.25) is 0 Å². The number of ether oxygens (including phenoxy) is 1. The maximum atomic E-state index is 14.4. The van der Waals surface area contributed by atoms with Gasteiger partial charge in [0.05, 0.1) is 18.2 Å². The van der Waals surface area contributed by atoms with E-state index < -0.39 is 40.5 Å². The molecule has 2 aromatic carbocycles. The first kappa shape index (κ1) is 21.5. The molecule has 0 unspecified atom stereocenters. The molecule has 0 aliphatic heterocycles. The normalized spacial score (nSPS) is 13.9. The third-order valence-electron chi connectivity index (χ3n) is 4.52. The second-order valence-electron chi connectivity index (χ2n) is 6.49. The Kier molecular flexibility index (Phi) is 6.50. The Morgan fingerprint density at radius 3 is 2.50 bits per heavy atom. The molecule has 3 rings (SSSR count). The van der Waals surface area contributed by atoms with Gasteiger partial charge in [-0.15, -0.1) is 0 Å². The van der Waals surface area contributed by atoms with Gasteiger partial charge in [-0.25, -0.2) is 27.2 Å². The molecule has 0 radical (unpaired) electrons. The molecule has 0 bridgehead atoms. The average molecular weight is 419 g/mol. The van der Waals surface area contributed by atoms with E-state index in [9.17, 15) is 22.7 Å². The fraction of sp³-hybridized carbons (Fsp3) is 0.238. The van der Waals surface area contributed by atoms with Crippen LogP contribution in [0, 0.1) is 35.1 Å². The van der Waals surface area contributed by atoms with Crippen molar-refractivity contribution in [2.75, 3.05) is 6.61 Å². The average Bonchev–Trinajstić information content (AvgIpc) is 3.19. The highest BCUT2D eigenvalue weighted by Gasteiger charge is 2.40. The van der Waals surface area contributed by atoms with E-state index in [1.165, 1.54) is 30.3 Å². The summed E-state index contributed by atoms with van der Waals surface area (Å²) in [6, 6.07) is 6.14. The van der Waals surface area contributed by atoms with Crippen molar-refractivity contribution in [3.8, 4) is 11.8 Å². The first-order valence-electron chi connectivity index (χ1n) is 8.86. The lowest BCUT2D eigenvalue weighted by atomic mass is 9.88. The predicted molar refractivity (Wildman–Crippen MR) is 98.9 cm³/mol. The van der Waals surface area contributed by atoms with Crippen molar-refractivity contribution in [1.82, 2.24) is 14.8 Å². The zero-order chi connectivity index (χ0) is 21.7. The third kappa shape index (κ3) is 4.67. The van der Waals surface area contributed by atoms with Gasteiger partial charge < -0.3 is 9.84 Å². The molecule has 0 saturated heterocycles. The first-order valence-corrected chi connectivity index (χ1v) is 8.86. The maximum absolute atomic E-state index is 14.4. The van der Waals surface area contributed by atoms with E-state index in [1.54, 1.807) is 0 Å². The predicted octanol–water partition coefficient (Wildman–Crippen LogP) is 3.18. The van der Waals surface area contributed by atoms with Crippen LogP contribution in [0.25, 0.3) is 0 Å². The second-order valence-corrected chi connectivity index (χ2v) is 6.49. The Labute approximate surface area is 169 Å². The van der Waals surface area contributed by atoms with Crippen molar-refractivity contribution < 1.29 is 27.4 Å². The van der Waals surface area contributed by atoms with Gasteiger partial charge in [-0.2, -0.15) is 5.10 Å². The Bertz CT molecular complexity index is 1060. The van der Waals surface area contributed by atoms with E-state index in [4.69, 9.17) is 4.74 Å². The van der Waals surface area contributed by atoms with Crippen molar-refractivity contribution in [2.45, 2.75) is 25.2 Å². The summed E-state index contributed by atoms with van der Waals surface area (Å²) in [6.07, 6.45) is 1.50.